The summed E-state index contributed by atoms with van der Waals surface area (Å²) in [6.45, 7) is 7.63. The smallest absolute Gasteiger partial charge is 0.264 e. The van der Waals surface area contributed by atoms with Gasteiger partial charge >= 0.3 is 0 Å². The maximum Gasteiger partial charge on any atom is 0.264 e. The van der Waals surface area contributed by atoms with Crippen molar-refractivity contribution in [1.82, 2.24) is 10.2 Å². The van der Waals surface area contributed by atoms with Crippen LogP contribution in [0.25, 0.3) is 0 Å². The highest BCUT2D eigenvalue weighted by Gasteiger charge is 2.34. The number of nitrogens with one attached hydrogen (secondary N) is 1. The number of amides is 2. The SMILES string of the molecule is CCOc1ccccc1N(CC(=O)N(CCc1ccccc1)[C@H](CC)C(=O)N[C@@H](C)CC)S(=O)(=O)c1ccccc1. The molecule has 0 aliphatic rings. The van der Waals surface area contributed by atoms with Crippen LogP contribution in [-0.2, 0) is 26.0 Å². The van der Waals surface area contributed by atoms with E-state index in [2.05, 4.69) is 5.32 Å². The Labute approximate surface area is 244 Å². The second-order valence-electron chi connectivity index (χ2n) is 9.79. The molecule has 0 aliphatic carbocycles. The van der Waals surface area contributed by atoms with Gasteiger partial charge in [0.15, 0.2) is 0 Å². The molecule has 0 spiro atoms. The summed E-state index contributed by atoms with van der Waals surface area (Å²) in [5, 5.41) is 3.00. The van der Waals surface area contributed by atoms with E-state index in [1.165, 1.54) is 17.0 Å². The van der Waals surface area contributed by atoms with Crippen molar-refractivity contribution < 1.29 is 22.7 Å². The molecule has 8 nitrogen and oxygen atoms in total. The molecule has 0 fully saturated rings. The summed E-state index contributed by atoms with van der Waals surface area (Å²) in [4.78, 5) is 29.1. The second kappa shape index (κ2) is 15.2. The molecule has 0 saturated carbocycles. The molecule has 2 atom stereocenters. The van der Waals surface area contributed by atoms with Crippen molar-refractivity contribution in [2.45, 2.75) is 63.9 Å². The largest absolute Gasteiger partial charge is 0.492 e. The predicted octanol–water partition coefficient (Wildman–Crippen LogP) is 5.05. The number of para-hydroxylation sites is 2. The highest BCUT2D eigenvalue weighted by Crippen LogP contribution is 2.32. The Morgan fingerprint density at radius 3 is 2.07 bits per heavy atom. The molecule has 0 bridgehead atoms. The van der Waals surface area contributed by atoms with Crippen molar-refractivity contribution in [1.29, 1.82) is 0 Å². The Morgan fingerprint density at radius 2 is 1.46 bits per heavy atom. The summed E-state index contributed by atoms with van der Waals surface area (Å²) in [6, 6.07) is 23.6. The van der Waals surface area contributed by atoms with Gasteiger partial charge in [-0.15, -0.1) is 0 Å². The van der Waals surface area contributed by atoms with Crippen LogP contribution in [0.15, 0.2) is 89.8 Å². The zero-order chi connectivity index (χ0) is 29.8. The summed E-state index contributed by atoms with van der Waals surface area (Å²) < 4.78 is 34.9. The molecule has 0 radical (unpaired) electrons. The van der Waals surface area contributed by atoms with E-state index in [1.807, 2.05) is 58.0 Å². The van der Waals surface area contributed by atoms with E-state index in [-0.39, 0.29) is 29.1 Å². The molecule has 0 aliphatic heterocycles. The maximum atomic E-state index is 14.2. The number of carbonyl (C=O) groups is 2. The molecule has 9 heteroatoms. The highest BCUT2D eigenvalue weighted by molar-refractivity contribution is 7.92. The number of hydrogen-bond donors (Lipinski definition) is 1. The molecule has 220 valence electrons. The van der Waals surface area contributed by atoms with Crippen LogP contribution in [0.4, 0.5) is 5.69 Å². The molecular formula is C32H41N3O5S. The van der Waals surface area contributed by atoms with Gasteiger partial charge in [-0.3, -0.25) is 13.9 Å². The van der Waals surface area contributed by atoms with Gasteiger partial charge in [0, 0.05) is 12.6 Å². The van der Waals surface area contributed by atoms with Gasteiger partial charge in [-0.25, -0.2) is 8.42 Å². The monoisotopic (exact) mass is 579 g/mol. The van der Waals surface area contributed by atoms with Gasteiger partial charge in [-0.2, -0.15) is 0 Å². The predicted molar refractivity (Wildman–Crippen MR) is 162 cm³/mol. The Bertz CT molecular complexity index is 1370. The fourth-order valence-electron chi connectivity index (χ4n) is 4.51. The van der Waals surface area contributed by atoms with Crippen molar-refractivity contribution >= 4 is 27.5 Å². The molecule has 0 unspecified atom stereocenters. The number of rotatable bonds is 15. The van der Waals surface area contributed by atoms with E-state index in [1.54, 1.807) is 42.5 Å². The van der Waals surface area contributed by atoms with E-state index in [4.69, 9.17) is 4.74 Å². The lowest BCUT2D eigenvalue weighted by Gasteiger charge is -2.34. The molecular weight excluding hydrogens is 538 g/mol. The first-order valence-electron chi connectivity index (χ1n) is 14.2. The van der Waals surface area contributed by atoms with Gasteiger partial charge in [0.25, 0.3) is 10.0 Å². The number of carbonyl (C=O) groups excluding carboxylic acids is 2. The minimum Gasteiger partial charge on any atom is -0.492 e. The molecule has 3 aromatic carbocycles. The third kappa shape index (κ3) is 8.33. The molecule has 0 aromatic heterocycles. The zero-order valence-corrected chi connectivity index (χ0v) is 25.1. The van der Waals surface area contributed by atoms with Crippen LogP contribution in [-0.4, -0.2) is 56.9 Å². The average molecular weight is 580 g/mol. The van der Waals surface area contributed by atoms with Gasteiger partial charge < -0.3 is 15.0 Å². The Kier molecular flexibility index (Phi) is 11.8. The van der Waals surface area contributed by atoms with Crippen LogP contribution in [0.3, 0.4) is 0 Å². The number of nitrogens with zero attached hydrogens (tertiary/aromatic N) is 2. The minimum atomic E-state index is -4.16. The second-order valence-corrected chi connectivity index (χ2v) is 11.7. The van der Waals surface area contributed by atoms with Crippen LogP contribution < -0.4 is 14.4 Å². The molecule has 3 rings (SSSR count). The quantitative estimate of drug-likeness (QED) is 0.272. The first kappa shape index (κ1) is 31.7. The lowest BCUT2D eigenvalue weighted by molar-refractivity contribution is -0.139. The Balaban J connectivity index is 2.04. The highest BCUT2D eigenvalue weighted by atomic mass is 32.2. The lowest BCUT2D eigenvalue weighted by atomic mass is 10.1. The van der Waals surface area contributed by atoms with Gasteiger partial charge in [-0.1, -0.05) is 74.5 Å². The number of benzene rings is 3. The van der Waals surface area contributed by atoms with Crippen molar-refractivity contribution in [2.24, 2.45) is 0 Å². The lowest BCUT2D eigenvalue weighted by Crippen LogP contribution is -2.54. The molecule has 1 N–H and O–H groups in total. The van der Waals surface area contributed by atoms with Gasteiger partial charge in [0.2, 0.25) is 11.8 Å². The van der Waals surface area contributed by atoms with Gasteiger partial charge in [0.1, 0.15) is 18.3 Å². The molecule has 2 amide bonds. The fraction of sp³-hybridized carbons (Fsp3) is 0.375. The first-order chi connectivity index (χ1) is 19.7. The molecule has 3 aromatic rings. The van der Waals surface area contributed by atoms with Crippen LogP contribution in [0.2, 0.25) is 0 Å². The van der Waals surface area contributed by atoms with Crippen molar-refractivity contribution in [3.8, 4) is 5.75 Å². The summed E-state index contributed by atoms with van der Waals surface area (Å²) >= 11 is 0. The van der Waals surface area contributed by atoms with Crippen molar-refractivity contribution in [3.05, 3.63) is 90.5 Å². The number of ether oxygens (including phenoxy) is 1. The van der Waals surface area contributed by atoms with E-state index < -0.39 is 28.5 Å². The number of sulfonamides is 1. The topological polar surface area (TPSA) is 96.0 Å². The van der Waals surface area contributed by atoms with Crippen LogP contribution in [0.5, 0.6) is 5.75 Å². The number of hydrogen-bond acceptors (Lipinski definition) is 5. The van der Waals surface area contributed by atoms with E-state index in [0.717, 1.165) is 16.3 Å². The van der Waals surface area contributed by atoms with E-state index in [9.17, 15) is 18.0 Å². The van der Waals surface area contributed by atoms with Crippen LogP contribution >= 0.6 is 0 Å². The van der Waals surface area contributed by atoms with Gasteiger partial charge in [0.05, 0.1) is 17.2 Å². The first-order valence-corrected chi connectivity index (χ1v) is 15.6. The molecule has 0 heterocycles. The Hall–Kier alpha value is -3.85. The third-order valence-corrected chi connectivity index (χ3v) is 8.69. The van der Waals surface area contributed by atoms with Crippen LogP contribution in [0, 0.1) is 0 Å². The fourth-order valence-corrected chi connectivity index (χ4v) is 5.96. The maximum absolute atomic E-state index is 14.2. The number of anilines is 1. The molecule has 41 heavy (non-hydrogen) atoms. The van der Waals surface area contributed by atoms with Crippen LogP contribution in [0.1, 0.15) is 46.1 Å². The van der Waals surface area contributed by atoms with Crippen molar-refractivity contribution in [3.63, 3.8) is 0 Å². The van der Waals surface area contributed by atoms with Crippen molar-refractivity contribution in [2.75, 3.05) is 24.0 Å². The normalized spacial score (nSPS) is 12.7. The summed E-state index contributed by atoms with van der Waals surface area (Å²) in [6.07, 6.45) is 1.64. The summed E-state index contributed by atoms with van der Waals surface area (Å²) in [7, 11) is -4.16. The molecule has 0 saturated heterocycles. The summed E-state index contributed by atoms with van der Waals surface area (Å²) in [5.41, 5.74) is 1.27. The minimum absolute atomic E-state index is 0.0523. The summed E-state index contributed by atoms with van der Waals surface area (Å²) in [5.74, 6) is -0.381. The third-order valence-electron chi connectivity index (χ3n) is 6.92. The zero-order valence-electron chi connectivity index (χ0n) is 24.3. The van der Waals surface area contributed by atoms with E-state index in [0.29, 0.717) is 25.2 Å². The average Bonchev–Trinajstić information content (AvgIpc) is 2.99. The van der Waals surface area contributed by atoms with Gasteiger partial charge in [-0.05, 0) is 62.9 Å². The Morgan fingerprint density at radius 1 is 0.854 bits per heavy atom. The van der Waals surface area contributed by atoms with E-state index >= 15 is 0 Å². The standard InChI is InChI=1S/C32H41N3O5S/c1-5-25(4)33-32(37)28(6-2)34(23-22-26-16-10-8-11-17-26)31(36)24-35(29-20-14-15-21-30(29)40-7-3)41(38,39)27-18-12-9-13-19-27/h8-21,25,28H,5-7,22-24H2,1-4H3,(H,33,37)/t25-,28+/m0/s1.